The second kappa shape index (κ2) is 5.45. The number of amides is 1. The van der Waals surface area contributed by atoms with E-state index in [1.54, 1.807) is 11.8 Å². The monoisotopic (exact) mass is 278 g/mol. The van der Waals surface area contributed by atoms with E-state index >= 15 is 0 Å². The second-order valence-electron chi connectivity index (χ2n) is 5.95. The molecule has 1 heterocycles. The fourth-order valence-electron chi connectivity index (χ4n) is 2.22. The standard InChI is InChI=1S/C15H22N2OS/c1-15(2,3)19-10-14(18)17-8-7-12-11(9-17)5-4-6-13(12)16/h4-6H,7-10,16H2,1-3H3. The van der Waals surface area contributed by atoms with Gasteiger partial charge in [-0.15, -0.1) is 11.8 Å². The minimum atomic E-state index is 0.133. The zero-order chi connectivity index (χ0) is 14.0. The van der Waals surface area contributed by atoms with Crippen molar-refractivity contribution < 1.29 is 4.79 Å². The van der Waals surface area contributed by atoms with Crippen LogP contribution in [0.15, 0.2) is 18.2 Å². The molecule has 19 heavy (non-hydrogen) atoms. The Bertz CT molecular complexity index is 480. The number of thioether (sulfide) groups is 1. The van der Waals surface area contributed by atoms with Crippen molar-refractivity contribution in [2.75, 3.05) is 18.0 Å². The maximum absolute atomic E-state index is 12.2. The van der Waals surface area contributed by atoms with Crippen LogP contribution in [-0.4, -0.2) is 27.9 Å². The number of nitrogens with two attached hydrogens (primary N) is 1. The number of anilines is 1. The minimum absolute atomic E-state index is 0.133. The summed E-state index contributed by atoms with van der Waals surface area (Å²) in [5.41, 5.74) is 9.24. The van der Waals surface area contributed by atoms with Gasteiger partial charge in [0.05, 0.1) is 5.75 Å². The number of benzene rings is 1. The Morgan fingerprint density at radius 3 is 2.84 bits per heavy atom. The smallest absolute Gasteiger partial charge is 0.232 e. The van der Waals surface area contributed by atoms with Crippen molar-refractivity contribution in [3.8, 4) is 0 Å². The number of nitrogen functional groups attached to an aromatic ring is 1. The molecule has 1 aromatic carbocycles. The van der Waals surface area contributed by atoms with E-state index in [0.29, 0.717) is 12.3 Å². The van der Waals surface area contributed by atoms with Gasteiger partial charge in [-0.05, 0) is 23.6 Å². The van der Waals surface area contributed by atoms with Crippen molar-refractivity contribution in [2.24, 2.45) is 0 Å². The van der Waals surface area contributed by atoms with Crippen molar-refractivity contribution in [2.45, 2.75) is 38.5 Å². The molecule has 4 heteroatoms. The SMILES string of the molecule is CC(C)(C)SCC(=O)N1CCc2c(N)cccc2C1. The average molecular weight is 278 g/mol. The number of nitrogens with zero attached hydrogens (tertiary/aromatic N) is 1. The Kier molecular flexibility index (Phi) is 4.09. The summed E-state index contributed by atoms with van der Waals surface area (Å²) in [5.74, 6) is 0.786. The van der Waals surface area contributed by atoms with E-state index in [-0.39, 0.29) is 10.7 Å². The van der Waals surface area contributed by atoms with Crippen molar-refractivity contribution >= 4 is 23.4 Å². The lowest BCUT2D eigenvalue weighted by atomic mass is 9.98. The zero-order valence-electron chi connectivity index (χ0n) is 11.9. The molecule has 1 aliphatic rings. The molecule has 0 spiro atoms. The van der Waals surface area contributed by atoms with Crippen molar-refractivity contribution in [3.05, 3.63) is 29.3 Å². The summed E-state index contributed by atoms with van der Waals surface area (Å²) in [7, 11) is 0. The summed E-state index contributed by atoms with van der Waals surface area (Å²) in [6.07, 6.45) is 0.869. The first-order chi connectivity index (χ1) is 8.87. The average Bonchev–Trinajstić information content (AvgIpc) is 2.35. The highest BCUT2D eigenvalue weighted by Gasteiger charge is 2.23. The Morgan fingerprint density at radius 2 is 2.16 bits per heavy atom. The number of hydrogen-bond acceptors (Lipinski definition) is 3. The van der Waals surface area contributed by atoms with Gasteiger partial charge in [-0.25, -0.2) is 0 Å². The van der Waals surface area contributed by atoms with Gasteiger partial charge in [-0.1, -0.05) is 32.9 Å². The molecule has 0 aromatic heterocycles. The van der Waals surface area contributed by atoms with E-state index in [0.717, 1.165) is 18.7 Å². The van der Waals surface area contributed by atoms with Crippen LogP contribution in [0.2, 0.25) is 0 Å². The number of fused-ring (bicyclic) bond motifs is 1. The predicted octanol–water partition coefficient (Wildman–Crippen LogP) is 2.69. The van der Waals surface area contributed by atoms with Crippen LogP contribution in [0, 0.1) is 0 Å². The summed E-state index contributed by atoms with van der Waals surface area (Å²) < 4.78 is 0.133. The Morgan fingerprint density at radius 1 is 1.42 bits per heavy atom. The van der Waals surface area contributed by atoms with Crippen LogP contribution in [0.3, 0.4) is 0 Å². The van der Waals surface area contributed by atoms with Gasteiger partial charge in [0.2, 0.25) is 5.91 Å². The molecule has 0 unspecified atom stereocenters. The first-order valence-corrected chi connectivity index (χ1v) is 7.63. The fourth-order valence-corrected chi connectivity index (χ4v) is 2.96. The van der Waals surface area contributed by atoms with Gasteiger partial charge in [0, 0.05) is 23.5 Å². The molecule has 0 fully saturated rings. The van der Waals surface area contributed by atoms with Gasteiger partial charge >= 0.3 is 0 Å². The van der Waals surface area contributed by atoms with Crippen molar-refractivity contribution in [1.82, 2.24) is 4.90 Å². The zero-order valence-corrected chi connectivity index (χ0v) is 12.7. The molecule has 2 rings (SSSR count). The van der Waals surface area contributed by atoms with E-state index in [1.807, 2.05) is 17.0 Å². The van der Waals surface area contributed by atoms with Gasteiger partial charge < -0.3 is 10.6 Å². The first-order valence-electron chi connectivity index (χ1n) is 6.65. The summed E-state index contributed by atoms with van der Waals surface area (Å²) in [6.45, 7) is 7.89. The highest BCUT2D eigenvalue weighted by molar-refractivity contribution is 8.01. The lowest BCUT2D eigenvalue weighted by Gasteiger charge is -2.30. The maximum atomic E-state index is 12.2. The van der Waals surface area contributed by atoms with Gasteiger partial charge in [-0.3, -0.25) is 4.79 Å². The summed E-state index contributed by atoms with van der Waals surface area (Å²) >= 11 is 1.70. The van der Waals surface area contributed by atoms with E-state index in [1.165, 1.54) is 11.1 Å². The van der Waals surface area contributed by atoms with Crippen LogP contribution in [0.5, 0.6) is 0 Å². The van der Waals surface area contributed by atoms with Crippen LogP contribution < -0.4 is 5.73 Å². The third-order valence-electron chi connectivity index (χ3n) is 3.28. The first kappa shape index (κ1) is 14.3. The largest absolute Gasteiger partial charge is 0.398 e. The van der Waals surface area contributed by atoms with Crippen molar-refractivity contribution in [1.29, 1.82) is 0 Å². The third-order valence-corrected chi connectivity index (χ3v) is 4.54. The molecule has 1 amide bonds. The van der Waals surface area contributed by atoms with E-state index in [4.69, 9.17) is 5.73 Å². The van der Waals surface area contributed by atoms with Gasteiger partial charge in [-0.2, -0.15) is 0 Å². The Balaban J connectivity index is 2.00. The van der Waals surface area contributed by atoms with Crippen LogP contribution in [-0.2, 0) is 17.8 Å². The fraction of sp³-hybridized carbons (Fsp3) is 0.533. The number of hydrogen-bond donors (Lipinski definition) is 1. The Hall–Kier alpha value is -1.16. The lowest BCUT2D eigenvalue weighted by Crippen LogP contribution is -2.37. The molecular formula is C15H22N2OS. The number of carbonyl (C=O) groups is 1. The van der Waals surface area contributed by atoms with Crippen LogP contribution in [0.25, 0.3) is 0 Å². The van der Waals surface area contributed by atoms with Crippen LogP contribution in [0.1, 0.15) is 31.9 Å². The van der Waals surface area contributed by atoms with Gasteiger partial charge in [0.15, 0.2) is 0 Å². The summed E-state index contributed by atoms with van der Waals surface area (Å²) in [5, 5.41) is 0. The molecule has 104 valence electrons. The van der Waals surface area contributed by atoms with Crippen LogP contribution >= 0.6 is 11.8 Å². The quantitative estimate of drug-likeness (QED) is 0.846. The highest BCUT2D eigenvalue weighted by Crippen LogP contribution is 2.26. The second-order valence-corrected chi connectivity index (χ2v) is 7.75. The molecule has 3 nitrogen and oxygen atoms in total. The van der Waals surface area contributed by atoms with E-state index < -0.39 is 0 Å². The molecule has 0 bridgehead atoms. The maximum Gasteiger partial charge on any atom is 0.232 e. The lowest BCUT2D eigenvalue weighted by molar-refractivity contribution is -0.129. The van der Waals surface area contributed by atoms with Gasteiger partial charge in [0.25, 0.3) is 0 Å². The topological polar surface area (TPSA) is 46.3 Å². The molecule has 1 aromatic rings. The van der Waals surface area contributed by atoms with E-state index in [9.17, 15) is 4.79 Å². The Labute approximate surface area is 119 Å². The summed E-state index contributed by atoms with van der Waals surface area (Å²) in [6, 6.07) is 5.97. The molecule has 0 aliphatic carbocycles. The molecule has 1 aliphatic heterocycles. The van der Waals surface area contributed by atoms with E-state index in [2.05, 4.69) is 26.8 Å². The normalized spacial score (nSPS) is 15.2. The third kappa shape index (κ3) is 3.66. The van der Waals surface area contributed by atoms with Crippen LogP contribution in [0.4, 0.5) is 5.69 Å². The minimum Gasteiger partial charge on any atom is -0.398 e. The molecular weight excluding hydrogens is 256 g/mol. The van der Waals surface area contributed by atoms with Gasteiger partial charge in [0.1, 0.15) is 0 Å². The molecule has 0 radical (unpaired) electrons. The number of carbonyl (C=O) groups excluding carboxylic acids is 1. The summed E-state index contributed by atoms with van der Waals surface area (Å²) in [4.78, 5) is 14.2. The molecule has 2 N–H and O–H groups in total. The number of rotatable bonds is 2. The molecule has 0 saturated carbocycles. The highest BCUT2D eigenvalue weighted by atomic mass is 32.2. The predicted molar refractivity (Wildman–Crippen MR) is 82.2 cm³/mol. The molecule has 0 saturated heterocycles. The van der Waals surface area contributed by atoms with Crippen molar-refractivity contribution in [3.63, 3.8) is 0 Å². The molecule has 0 atom stereocenters.